The number of aryl methyl sites for hydroxylation is 1. The normalized spacial score (nSPS) is 10.0. The van der Waals surface area contributed by atoms with Gasteiger partial charge in [-0.05, 0) is 43.0 Å². The first-order chi connectivity index (χ1) is 9.79. The molecule has 2 rings (SSSR count). The molecule has 0 aliphatic heterocycles. The largest absolute Gasteiger partial charge is 0.384 e. The summed E-state index contributed by atoms with van der Waals surface area (Å²) in [5.41, 5.74) is 2.40. The minimum absolute atomic E-state index is 0.355. The summed E-state index contributed by atoms with van der Waals surface area (Å²) in [5.74, 6) is -0.379. The van der Waals surface area contributed by atoms with Crippen LogP contribution in [-0.4, -0.2) is 6.54 Å². The van der Waals surface area contributed by atoms with E-state index in [1.54, 1.807) is 6.07 Å². The van der Waals surface area contributed by atoms with Crippen molar-refractivity contribution in [3.05, 3.63) is 65.5 Å². The third-order valence-electron chi connectivity index (χ3n) is 3.15. The molecular formula is C17H17FN2. The van der Waals surface area contributed by atoms with Crippen molar-refractivity contribution in [1.29, 1.82) is 5.26 Å². The molecule has 0 saturated heterocycles. The predicted molar refractivity (Wildman–Crippen MR) is 79.0 cm³/mol. The highest BCUT2D eigenvalue weighted by Crippen LogP contribution is 2.16. The Morgan fingerprint density at radius 2 is 1.85 bits per heavy atom. The van der Waals surface area contributed by atoms with Gasteiger partial charge in [0.2, 0.25) is 0 Å². The Morgan fingerprint density at radius 1 is 1.05 bits per heavy atom. The van der Waals surface area contributed by atoms with E-state index in [2.05, 4.69) is 17.4 Å². The highest BCUT2D eigenvalue weighted by atomic mass is 19.1. The average Bonchev–Trinajstić information content (AvgIpc) is 2.49. The van der Waals surface area contributed by atoms with Crippen LogP contribution in [0.5, 0.6) is 0 Å². The van der Waals surface area contributed by atoms with Crippen molar-refractivity contribution in [1.82, 2.24) is 0 Å². The third-order valence-corrected chi connectivity index (χ3v) is 3.15. The predicted octanol–water partition coefficient (Wildman–Crippen LogP) is 4.13. The molecule has 0 amide bonds. The number of nitrogens with zero attached hydrogens (tertiary/aromatic N) is 1. The number of rotatable bonds is 6. The summed E-state index contributed by atoms with van der Waals surface area (Å²) < 4.78 is 13.0. The summed E-state index contributed by atoms with van der Waals surface area (Å²) in [6.07, 6.45) is 3.15. The van der Waals surface area contributed by atoms with Crippen molar-refractivity contribution in [3.8, 4) is 6.07 Å². The lowest BCUT2D eigenvalue weighted by Gasteiger charge is -2.08. The zero-order valence-electron chi connectivity index (χ0n) is 11.3. The number of halogens is 1. The average molecular weight is 268 g/mol. The molecule has 0 heterocycles. The van der Waals surface area contributed by atoms with Crippen molar-refractivity contribution in [3.63, 3.8) is 0 Å². The molecule has 20 heavy (non-hydrogen) atoms. The van der Waals surface area contributed by atoms with Crippen molar-refractivity contribution in [2.24, 2.45) is 0 Å². The van der Waals surface area contributed by atoms with Crippen LogP contribution in [0.2, 0.25) is 0 Å². The van der Waals surface area contributed by atoms with Crippen LogP contribution in [0.15, 0.2) is 48.5 Å². The van der Waals surface area contributed by atoms with Gasteiger partial charge in [-0.25, -0.2) is 4.39 Å². The number of benzene rings is 2. The lowest BCUT2D eigenvalue weighted by Crippen LogP contribution is -2.04. The van der Waals surface area contributed by atoms with E-state index in [4.69, 9.17) is 5.26 Å². The fraction of sp³-hybridized carbons (Fsp3) is 0.235. The lowest BCUT2D eigenvalue weighted by atomic mass is 10.1. The van der Waals surface area contributed by atoms with Crippen molar-refractivity contribution in [2.75, 3.05) is 11.9 Å². The molecule has 0 aliphatic carbocycles. The van der Waals surface area contributed by atoms with E-state index in [0.29, 0.717) is 11.3 Å². The number of nitriles is 1. The van der Waals surface area contributed by atoms with E-state index in [9.17, 15) is 4.39 Å². The van der Waals surface area contributed by atoms with Gasteiger partial charge in [0.15, 0.2) is 0 Å². The summed E-state index contributed by atoms with van der Waals surface area (Å²) in [7, 11) is 0. The summed E-state index contributed by atoms with van der Waals surface area (Å²) in [6.45, 7) is 0.785. The SMILES string of the molecule is N#Cc1cc(F)ccc1NCCCCc1ccccc1. The van der Waals surface area contributed by atoms with Gasteiger partial charge in [0.05, 0.1) is 11.3 Å². The van der Waals surface area contributed by atoms with Crippen LogP contribution in [0.1, 0.15) is 24.0 Å². The Morgan fingerprint density at radius 3 is 2.60 bits per heavy atom. The summed E-state index contributed by atoms with van der Waals surface area (Å²) in [4.78, 5) is 0. The highest BCUT2D eigenvalue weighted by Gasteiger charge is 2.02. The number of nitrogens with one attached hydrogen (secondary N) is 1. The highest BCUT2D eigenvalue weighted by molar-refractivity contribution is 5.57. The van der Waals surface area contributed by atoms with Gasteiger partial charge in [-0.15, -0.1) is 0 Å². The van der Waals surface area contributed by atoms with Gasteiger partial charge >= 0.3 is 0 Å². The molecule has 2 aromatic rings. The number of anilines is 1. The molecule has 0 radical (unpaired) electrons. The molecule has 0 aromatic heterocycles. The zero-order valence-corrected chi connectivity index (χ0v) is 11.3. The molecule has 2 aromatic carbocycles. The Hall–Kier alpha value is -2.34. The molecule has 0 bridgehead atoms. The van der Waals surface area contributed by atoms with Crippen molar-refractivity contribution in [2.45, 2.75) is 19.3 Å². The van der Waals surface area contributed by atoms with Crippen LogP contribution in [0, 0.1) is 17.1 Å². The van der Waals surface area contributed by atoms with Gasteiger partial charge in [-0.2, -0.15) is 5.26 Å². The maximum absolute atomic E-state index is 13.0. The Bertz CT molecular complexity index is 588. The van der Waals surface area contributed by atoms with E-state index in [1.165, 1.54) is 17.7 Å². The molecule has 0 saturated carbocycles. The lowest BCUT2D eigenvalue weighted by molar-refractivity contribution is 0.627. The second-order valence-corrected chi connectivity index (χ2v) is 4.67. The van der Waals surface area contributed by atoms with Gasteiger partial charge < -0.3 is 5.32 Å². The molecule has 0 spiro atoms. The molecule has 1 N–H and O–H groups in total. The van der Waals surface area contributed by atoms with E-state index < -0.39 is 0 Å². The molecule has 102 valence electrons. The van der Waals surface area contributed by atoms with Gasteiger partial charge in [0, 0.05) is 6.54 Å². The molecular weight excluding hydrogens is 251 g/mol. The van der Waals surface area contributed by atoms with E-state index in [0.717, 1.165) is 25.8 Å². The van der Waals surface area contributed by atoms with Crippen LogP contribution < -0.4 is 5.32 Å². The maximum Gasteiger partial charge on any atom is 0.124 e. The number of unbranched alkanes of at least 4 members (excludes halogenated alkanes) is 1. The second kappa shape index (κ2) is 7.30. The van der Waals surface area contributed by atoms with E-state index in [-0.39, 0.29) is 5.82 Å². The van der Waals surface area contributed by atoms with E-state index in [1.807, 2.05) is 24.3 Å². The molecule has 2 nitrogen and oxygen atoms in total. The Kier molecular flexibility index (Phi) is 5.14. The fourth-order valence-electron chi connectivity index (χ4n) is 2.08. The maximum atomic E-state index is 13.0. The Labute approximate surface area is 118 Å². The topological polar surface area (TPSA) is 35.8 Å². The first-order valence-corrected chi connectivity index (χ1v) is 6.77. The van der Waals surface area contributed by atoms with Crippen LogP contribution in [0.25, 0.3) is 0 Å². The first kappa shape index (κ1) is 14.1. The standard InChI is InChI=1S/C17H17FN2/c18-16-9-10-17(15(12-16)13-19)20-11-5-4-8-14-6-2-1-3-7-14/h1-3,6-7,9-10,12,20H,4-5,8,11H2. The molecule has 3 heteroatoms. The van der Waals surface area contributed by atoms with Crippen LogP contribution in [0.3, 0.4) is 0 Å². The van der Waals surface area contributed by atoms with E-state index >= 15 is 0 Å². The number of hydrogen-bond donors (Lipinski definition) is 1. The van der Waals surface area contributed by atoms with Crippen molar-refractivity contribution < 1.29 is 4.39 Å². The molecule has 0 aliphatic rings. The minimum Gasteiger partial charge on any atom is -0.384 e. The van der Waals surface area contributed by atoms with Crippen LogP contribution >= 0.6 is 0 Å². The Balaban J connectivity index is 1.75. The molecule has 0 fully saturated rings. The van der Waals surface area contributed by atoms with Crippen molar-refractivity contribution >= 4 is 5.69 Å². The smallest absolute Gasteiger partial charge is 0.124 e. The summed E-state index contributed by atoms with van der Waals surface area (Å²) in [6, 6.07) is 16.6. The number of hydrogen-bond acceptors (Lipinski definition) is 2. The van der Waals surface area contributed by atoms with Gasteiger partial charge in [0.1, 0.15) is 11.9 Å². The van der Waals surface area contributed by atoms with Gasteiger partial charge in [-0.1, -0.05) is 30.3 Å². The quantitative estimate of drug-likeness (QED) is 0.799. The van der Waals surface area contributed by atoms with Gasteiger partial charge in [-0.3, -0.25) is 0 Å². The minimum atomic E-state index is -0.379. The van der Waals surface area contributed by atoms with Crippen LogP contribution in [0.4, 0.5) is 10.1 Å². The van der Waals surface area contributed by atoms with Gasteiger partial charge in [0.25, 0.3) is 0 Å². The summed E-state index contributed by atoms with van der Waals surface area (Å²) in [5, 5.41) is 12.1. The second-order valence-electron chi connectivity index (χ2n) is 4.67. The fourth-order valence-corrected chi connectivity index (χ4v) is 2.08. The monoisotopic (exact) mass is 268 g/mol. The van der Waals surface area contributed by atoms with Crippen LogP contribution in [-0.2, 0) is 6.42 Å². The molecule has 0 atom stereocenters. The molecule has 0 unspecified atom stereocenters. The zero-order chi connectivity index (χ0) is 14.2. The first-order valence-electron chi connectivity index (χ1n) is 6.77. The third kappa shape index (κ3) is 4.10. The summed E-state index contributed by atoms with van der Waals surface area (Å²) >= 11 is 0.